The third-order valence-corrected chi connectivity index (χ3v) is 5.74. The van der Waals surface area contributed by atoms with E-state index in [9.17, 15) is 4.79 Å². The molecule has 0 bridgehead atoms. The van der Waals surface area contributed by atoms with Crippen molar-refractivity contribution in [3.63, 3.8) is 0 Å². The molecule has 0 fully saturated rings. The summed E-state index contributed by atoms with van der Waals surface area (Å²) in [6, 6.07) is 22.8. The van der Waals surface area contributed by atoms with Crippen LogP contribution in [0.25, 0.3) is 17.2 Å². The molecule has 0 heterocycles. The van der Waals surface area contributed by atoms with Gasteiger partial charge in [-0.05, 0) is 52.4 Å². The fraction of sp³-hybridized carbons (Fsp3) is 0.160. The van der Waals surface area contributed by atoms with Gasteiger partial charge in [0, 0.05) is 16.9 Å². The third kappa shape index (κ3) is 4.28. The van der Waals surface area contributed by atoms with E-state index in [1.807, 2.05) is 42.5 Å². The van der Waals surface area contributed by atoms with E-state index in [1.54, 1.807) is 0 Å². The Hall–Kier alpha value is -2.85. The van der Waals surface area contributed by atoms with Crippen LogP contribution in [0.4, 0.5) is 4.79 Å². The number of halogens is 1. The van der Waals surface area contributed by atoms with Crippen molar-refractivity contribution in [1.29, 1.82) is 0 Å². The molecule has 1 amide bonds. The van der Waals surface area contributed by atoms with Gasteiger partial charge in [0.05, 0.1) is 0 Å². The molecule has 3 aromatic rings. The number of rotatable bonds is 5. The maximum atomic E-state index is 12.2. The summed E-state index contributed by atoms with van der Waals surface area (Å²) in [5.74, 6) is 0.0769. The van der Waals surface area contributed by atoms with E-state index in [-0.39, 0.29) is 5.92 Å². The number of aryl methyl sites for hydroxylation is 1. The Morgan fingerprint density at radius 2 is 1.69 bits per heavy atom. The van der Waals surface area contributed by atoms with Crippen LogP contribution in [0.3, 0.4) is 0 Å². The molecular formula is C25H22BrNO2. The van der Waals surface area contributed by atoms with Crippen LogP contribution in [0.15, 0.2) is 77.3 Å². The second kappa shape index (κ2) is 8.66. The Morgan fingerprint density at radius 1 is 1.03 bits per heavy atom. The van der Waals surface area contributed by atoms with Crippen LogP contribution in [0.2, 0.25) is 0 Å². The maximum Gasteiger partial charge on any atom is 0.407 e. The lowest BCUT2D eigenvalue weighted by molar-refractivity contribution is 0.144. The average molecular weight is 448 g/mol. The normalized spacial score (nSPS) is 12.6. The highest BCUT2D eigenvalue weighted by molar-refractivity contribution is 9.10. The van der Waals surface area contributed by atoms with Crippen LogP contribution in [-0.4, -0.2) is 19.2 Å². The second-order valence-corrected chi connectivity index (χ2v) is 8.03. The van der Waals surface area contributed by atoms with Crippen molar-refractivity contribution >= 4 is 28.1 Å². The monoisotopic (exact) mass is 447 g/mol. The van der Waals surface area contributed by atoms with E-state index in [0.29, 0.717) is 13.2 Å². The lowest BCUT2D eigenvalue weighted by atomic mass is 9.98. The molecule has 1 aliphatic rings. The third-order valence-electron chi connectivity index (χ3n) is 5.25. The SMILES string of the molecule is Cc1ccc(Br)cc1C=CCNC(=O)OCC1c2ccccc2-c2ccccc21. The Bertz CT molecular complexity index is 1030. The van der Waals surface area contributed by atoms with Crippen molar-refractivity contribution in [2.24, 2.45) is 0 Å². The number of alkyl carbamates (subject to hydrolysis) is 1. The summed E-state index contributed by atoms with van der Waals surface area (Å²) < 4.78 is 6.58. The molecule has 4 rings (SSSR count). The predicted octanol–water partition coefficient (Wildman–Crippen LogP) is 6.31. The lowest BCUT2D eigenvalue weighted by Crippen LogP contribution is -2.26. The highest BCUT2D eigenvalue weighted by Crippen LogP contribution is 2.44. The minimum atomic E-state index is -0.400. The molecule has 0 aliphatic heterocycles. The van der Waals surface area contributed by atoms with Gasteiger partial charge in [-0.3, -0.25) is 0 Å². The van der Waals surface area contributed by atoms with Crippen LogP contribution in [0.1, 0.15) is 28.2 Å². The number of carbonyl (C=O) groups excluding carboxylic acids is 1. The molecule has 0 radical (unpaired) electrons. The quantitative estimate of drug-likeness (QED) is 0.497. The largest absolute Gasteiger partial charge is 0.449 e. The summed E-state index contributed by atoms with van der Waals surface area (Å²) in [6.07, 6.45) is 3.53. The molecule has 1 N–H and O–H groups in total. The number of ether oxygens (including phenoxy) is 1. The van der Waals surface area contributed by atoms with Crippen molar-refractivity contribution in [3.05, 3.63) is 99.5 Å². The van der Waals surface area contributed by atoms with Gasteiger partial charge in [-0.2, -0.15) is 0 Å². The first-order valence-electron chi connectivity index (χ1n) is 9.65. The molecule has 29 heavy (non-hydrogen) atoms. The summed E-state index contributed by atoms with van der Waals surface area (Å²) >= 11 is 3.48. The van der Waals surface area contributed by atoms with Crippen molar-refractivity contribution in [1.82, 2.24) is 5.32 Å². The van der Waals surface area contributed by atoms with Crippen LogP contribution in [0.5, 0.6) is 0 Å². The molecule has 0 atom stereocenters. The van der Waals surface area contributed by atoms with E-state index >= 15 is 0 Å². The van der Waals surface area contributed by atoms with Gasteiger partial charge in [-0.1, -0.05) is 82.7 Å². The number of amides is 1. The number of fused-ring (bicyclic) bond motifs is 3. The molecule has 0 unspecified atom stereocenters. The summed E-state index contributed by atoms with van der Waals surface area (Å²) in [5.41, 5.74) is 7.19. The number of hydrogen-bond donors (Lipinski definition) is 1. The smallest absolute Gasteiger partial charge is 0.407 e. The average Bonchev–Trinajstić information content (AvgIpc) is 3.06. The first-order valence-corrected chi connectivity index (χ1v) is 10.4. The summed E-state index contributed by atoms with van der Waals surface area (Å²) in [4.78, 5) is 12.2. The van der Waals surface area contributed by atoms with Gasteiger partial charge in [0.25, 0.3) is 0 Å². The zero-order chi connectivity index (χ0) is 20.2. The van der Waals surface area contributed by atoms with E-state index < -0.39 is 6.09 Å². The summed E-state index contributed by atoms with van der Waals surface area (Å²) in [5, 5.41) is 2.80. The zero-order valence-corrected chi connectivity index (χ0v) is 17.8. The Balaban J connectivity index is 1.34. The zero-order valence-electron chi connectivity index (χ0n) is 16.2. The van der Waals surface area contributed by atoms with Crippen LogP contribution in [0, 0.1) is 6.92 Å². The number of carbonyl (C=O) groups is 1. The minimum absolute atomic E-state index is 0.0769. The minimum Gasteiger partial charge on any atom is -0.449 e. The molecule has 3 aromatic carbocycles. The molecule has 146 valence electrons. The molecule has 1 aliphatic carbocycles. The van der Waals surface area contributed by atoms with Gasteiger partial charge in [0.1, 0.15) is 6.61 Å². The molecule has 3 nitrogen and oxygen atoms in total. The fourth-order valence-electron chi connectivity index (χ4n) is 3.77. The van der Waals surface area contributed by atoms with Gasteiger partial charge in [0.15, 0.2) is 0 Å². The fourth-order valence-corrected chi connectivity index (χ4v) is 4.15. The Kier molecular flexibility index (Phi) is 5.81. The lowest BCUT2D eigenvalue weighted by Gasteiger charge is -2.14. The molecule has 0 saturated carbocycles. The molecule has 0 saturated heterocycles. The van der Waals surface area contributed by atoms with E-state index in [1.165, 1.54) is 27.8 Å². The van der Waals surface area contributed by atoms with Crippen molar-refractivity contribution in [2.45, 2.75) is 12.8 Å². The highest BCUT2D eigenvalue weighted by Gasteiger charge is 2.28. The summed E-state index contributed by atoms with van der Waals surface area (Å²) in [7, 11) is 0. The van der Waals surface area contributed by atoms with Crippen molar-refractivity contribution in [3.8, 4) is 11.1 Å². The number of benzene rings is 3. The number of nitrogens with one attached hydrogen (secondary N) is 1. The molecule has 0 aromatic heterocycles. The number of hydrogen-bond acceptors (Lipinski definition) is 2. The predicted molar refractivity (Wildman–Crippen MR) is 121 cm³/mol. The molecule has 0 spiro atoms. The van der Waals surface area contributed by atoms with Crippen LogP contribution in [-0.2, 0) is 4.74 Å². The van der Waals surface area contributed by atoms with E-state index in [0.717, 1.165) is 10.0 Å². The van der Waals surface area contributed by atoms with E-state index in [2.05, 4.69) is 64.6 Å². The highest BCUT2D eigenvalue weighted by atomic mass is 79.9. The summed E-state index contributed by atoms with van der Waals surface area (Å²) in [6.45, 7) is 2.81. The van der Waals surface area contributed by atoms with Gasteiger partial charge >= 0.3 is 6.09 Å². The Morgan fingerprint density at radius 3 is 2.38 bits per heavy atom. The molecule has 4 heteroatoms. The van der Waals surface area contributed by atoms with Gasteiger partial charge in [-0.15, -0.1) is 0 Å². The standard InChI is InChI=1S/C25H22BrNO2/c1-17-12-13-19(26)15-18(17)7-6-14-27-25(28)29-16-24-22-10-4-2-8-20(22)21-9-3-5-11-23(21)24/h2-13,15,24H,14,16H2,1H3,(H,27,28). The first kappa shape index (κ1) is 19.5. The first-order chi connectivity index (χ1) is 14.1. The molecular weight excluding hydrogens is 426 g/mol. The van der Waals surface area contributed by atoms with Crippen LogP contribution >= 0.6 is 15.9 Å². The second-order valence-electron chi connectivity index (χ2n) is 7.11. The van der Waals surface area contributed by atoms with Crippen molar-refractivity contribution in [2.75, 3.05) is 13.2 Å². The van der Waals surface area contributed by atoms with Gasteiger partial charge in [0.2, 0.25) is 0 Å². The van der Waals surface area contributed by atoms with Crippen molar-refractivity contribution < 1.29 is 9.53 Å². The maximum absolute atomic E-state index is 12.2. The van der Waals surface area contributed by atoms with Gasteiger partial charge < -0.3 is 10.1 Å². The topological polar surface area (TPSA) is 38.3 Å². The van der Waals surface area contributed by atoms with Gasteiger partial charge in [-0.25, -0.2) is 4.79 Å². The Labute approximate surface area is 179 Å². The van der Waals surface area contributed by atoms with E-state index in [4.69, 9.17) is 4.74 Å². The van der Waals surface area contributed by atoms with Crippen LogP contribution < -0.4 is 5.32 Å².